The number of aromatic hydroxyl groups is 1. The molecule has 3 heterocycles. The summed E-state index contributed by atoms with van der Waals surface area (Å²) in [6, 6.07) is 17.5. The zero-order valence-corrected chi connectivity index (χ0v) is 19.6. The molecular formula is C25H22N4O5S. The molecule has 0 spiro atoms. The van der Waals surface area contributed by atoms with Crippen molar-refractivity contribution in [2.75, 3.05) is 6.54 Å². The lowest BCUT2D eigenvalue weighted by atomic mass is 10.1. The average molecular weight is 491 g/mol. The molecule has 35 heavy (non-hydrogen) atoms. The Labute approximate surface area is 200 Å². The standard InChI is InChI=1S/C25H22N4O5S/c1-15-9-11-18(12-10-15)35(33,34)26-24(31)27-14-17-13-21(27)22-23(30)29(25(32)28(17)22)20-8-4-6-16-5-2-3-7-19(16)20/h2-12,17,21,30H,13-14H2,1H3,(H,26,31)/t17-,21-/m0/s1. The Morgan fingerprint density at radius 1 is 1.03 bits per heavy atom. The van der Waals surface area contributed by atoms with Gasteiger partial charge >= 0.3 is 11.7 Å². The van der Waals surface area contributed by atoms with Gasteiger partial charge in [0.1, 0.15) is 5.69 Å². The van der Waals surface area contributed by atoms with Crippen LogP contribution in [0.25, 0.3) is 16.5 Å². The summed E-state index contributed by atoms with van der Waals surface area (Å²) in [5.74, 6) is -0.238. The van der Waals surface area contributed by atoms with Crippen molar-refractivity contribution < 1.29 is 18.3 Å². The maximum atomic E-state index is 13.4. The normalized spacial score (nSPS) is 18.7. The van der Waals surface area contributed by atoms with Gasteiger partial charge in [0.2, 0.25) is 5.88 Å². The van der Waals surface area contributed by atoms with Crippen LogP contribution in [-0.4, -0.2) is 40.1 Å². The first kappa shape index (κ1) is 21.5. The lowest BCUT2D eigenvalue weighted by Gasteiger charge is -2.27. The van der Waals surface area contributed by atoms with Crippen LogP contribution in [0.4, 0.5) is 4.79 Å². The van der Waals surface area contributed by atoms with Gasteiger partial charge in [0.15, 0.2) is 0 Å². The van der Waals surface area contributed by atoms with Gasteiger partial charge in [-0.05, 0) is 36.9 Å². The number of aromatic nitrogens is 2. The fourth-order valence-corrected chi connectivity index (χ4v) is 6.20. The van der Waals surface area contributed by atoms with Crippen molar-refractivity contribution >= 4 is 26.8 Å². The van der Waals surface area contributed by atoms with Crippen LogP contribution in [0.2, 0.25) is 0 Å². The number of imidazole rings is 1. The zero-order chi connectivity index (χ0) is 24.5. The summed E-state index contributed by atoms with van der Waals surface area (Å²) in [5.41, 5.74) is 1.39. The molecule has 6 rings (SSSR count). The third-order valence-electron chi connectivity index (χ3n) is 6.88. The van der Waals surface area contributed by atoms with Crippen molar-refractivity contribution in [1.29, 1.82) is 0 Å². The predicted octanol–water partition coefficient (Wildman–Crippen LogP) is 3.21. The molecule has 2 N–H and O–H groups in total. The number of rotatable bonds is 3. The van der Waals surface area contributed by atoms with Crippen molar-refractivity contribution in [3.05, 3.63) is 88.5 Å². The molecule has 1 aromatic heterocycles. The van der Waals surface area contributed by atoms with Crippen LogP contribution in [0, 0.1) is 6.92 Å². The third-order valence-corrected chi connectivity index (χ3v) is 8.22. The lowest BCUT2D eigenvalue weighted by Crippen LogP contribution is -2.45. The summed E-state index contributed by atoms with van der Waals surface area (Å²) in [6.45, 7) is 2.01. The number of nitrogens with zero attached hydrogens (tertiary/aromatic N) is 3. The Hall–Kier alpha value is -4.05. The number of carbonyl (C=O) groups excluding carboxylic acids is 1. The van der Waals surface area contributed by atoms with Crippen LogP contribution in [-0.2, 0) is 10.0 Å². The number of nitrogens with one attached hydrogen (secondary N) is 1. The maximum absolute atomic E-state index is 13.4. The largest absolute Gasteiger partial charge is 0.493 e. The molecule has 2 amide bonds. The molecule has 1 fully saturated rings. The van der Waals surface area contributed by atoms with Crippen LogP contribution in [0.15, 0.2) is 76.4 Å². The maximum Gasteiger partial charge on any atom is 0.336 e. The Morgan fingerprint density at radius 2 is 1.74 bits per heavy atom. The van der Waals surface area contributed by atoms with E-state index in [1.54, 1.807) is 18.2 Å². The van der Waals surface area contributed by atoms with Crippen LogP contribution in [0.3, 0.4) is 0 Å². The quantitative estimate of drug-likeness (QED) is 0.458. The third kappa shape index (κ3) is 3.17. The van der Waals surface area contributed by atoms with E-state index >= 15 is 0 Å². The summed E-state index contributed by atoms with van der Waals surface area (Å²) in [6.07, 6.45) is 0.437. The smallest absolute Gasteiger partial charge is 0.336 e. The van der Waals surface area contributed by atoms with Gasteiger partial charge in [0.05, 0.1) is 22.7 Å². The molecule has 0 radical (unpaired) electrons. The molecule has 9 nitrogen and oxygen atoms in total. The van der Waals surface area contributed by atoms with Crippen LogP contribution < -0.4 is 10.4 Å². The zero-order valence-electron chi connectivity index (χ0n) is 18.7. The number of aryl methyl sites for hydroxylation is 1. The highest BCUT2D eigenvalue weighted by atomic mass is 32.2. The minimum Gasteiger partial charge on any atom is -0.493 e. The summed E-state index contributed by atoms with van der Waals surface area (Å²) in [4.78, 5) is 27.8. The first-order valence-electron chi connectivity index (χ1n) is 11.2. The number of fused-ring (bicyclic) bond motifs is 6. The van der Waals surface area contributed by atoms with Crippen molar-refractivity contribution in [2.24, 2.45) is 0 Å². The highest BCUT2D eigenvalue weighted by Gasteiger charge is 2.49. The Bertz CT molecular complexity index is 1670. The number of urea groups is 1. The van der Waals surface area contributed by atoms with Crippen LogP contribution in [0.1, 0.15) is 29.8 Å². The number of benzene rings is 3. The summed E-state index contributed by atoms with van der Waals surface area (Å²) >= 11 is 0. The van der Waals surface area contributed by atoms with E-state index in [0.717, 1.165) is 16.3 Å². The van der Waals surface area contributed by atoms with Gasteiger partial charge in [0.25, 0.3) is 10.0 Å². The molecule has 178 valence electrons. The molecule has 3 aromatic carbocycles. The number of amides is 2. The van der Waals surface area contributed by atoms with E-state index in [1.165, 1.54) is 26.2 Å². The topological polar surface area (TPSA) is 114 Å². The second-order valence-electron chi connectivity index (χ2n) is 8.98. The van der Waals surface area contributed by atoms with Crippen molar-refractivity contribution in [3.8, 4) is 11.6 Å². The molecule has 2 aliphatic rings. The SMILES string of the molecule is Cc1ccc(S(=O)(=O)NC(=O)N2C[C@@H]3C[C@H]2c2c(O)n(-c4cccc5ccccc45)c(=O)n23)cc1. The Morgan fingerprint density at radius 3 is 2.51 bits per heavy atom. The fourth-order valence-electron chi connectivity index (χ4n) is 5.24. The van der Waals surface area contributed by atoms with E-state index in [-0.39, 0.29) is 29.1 Å². The molecule has 0 saturated carbocycles. The summed E-state index contributed by atoms with van der Waals surface area (Å²) < 4.78 is 30.4. The van der Waals surface area contributed by atoms with E-state index < -0.39 is 22.1 Å². The second-order valence-corrected chi connectivity index (χ2v) is 10.7. The van der Waals surface area contributed by atoms with Crippen molar-refractivity contribution in [1.82, 2.24) is 18.8 Å². The van der Waals surface area contributed by atoms with Gasteiger partial charge in [-0.2, -0.15) is 0 Å². The molecule has 2 bridgehead atoms. The minimum absolute atomic E-state index is 0.0114. The van der Waals surface area contributed by atoms with E-state index in [2.05, 4.69) is 4.72 Å². The van der Waals surface area contributed by atoms with Gasteiger partial charge in [-0.1, -0.05) is 54.1 Å². The molecule has 4 aromatic rings. The molecular weight excluding hydrogens is 468 g/mol. The van der Waals surface area contributed by atoms with Crippen LogP contribution >= 0.6 is 0 Å². The first-order chi connectivity index (χ1) is 16.8. The number of hydrogen-bond donors (Lipinski definition) is 2. The highest BCUT2D eigenvalue weighted by molar-refractivity contribution is 7.90. The van der Waals surface area contributed by atoms with Crippen molar-refractivity contribution in [3.63, 3.8) is 0 Å². The van der Waals surface area contributed by atoms with Gasteiger partial charge < -0.3 is 10.0 Å². The summed E-state index contributed by atoms with van der Waals surface area (Å²) in [7, 11) is -4.07. The minimum atomic E-state index is -4.07. The first-order valence-corrected chi connectivity index (χ1v) is 12.7. The number of carbonyl (C=O) groups is 1. The number of hydrogen-bond acceptors (Lipinski definition) is 5. The van der Waals surface area contributed by atoms with Gasteiger partial charge in [-0.25, -0.2) is 27.3 Å². The number of likely N-dealkylation sites (tertiary alicyclic amines) is 1. The van der Waals surface area contributed by atoms with E-state index in [0.29, 0.717) is 17.8 Å². The van der Waals surface area contributed by atoms with Crippen LogP contribution in [0.5, 0.6) is 5.88 Å². The second kappa shape index (κ2) is 7.47. The fraction of sp³-hybridized carbons (Fsp3) is 0.200. The van der Waals surface area contributed by atoms with E-state index in [9.17, 15) is 23.1 Å². The molecule has 2 aliphatic heterocycles. The average Bonchev–Trinajstić information content (AvgIpc) is 3.50. The highest BCUT2D eigenvalue weighted by Crippen LogP contribution is 2.48. The molecule has 10 heteroatoms. The summed E-state index contributed by atoms with van der Waals surface area (Å²) in [5, 5.41) is 12.9. The van der Waals surface area contributed by atoms with E-state index in [1.807, 2.05) is 43.3 Å². The number of sulfonamides is 1. The van der Waals surface area contributed by atoms with Gasteiger partial charge in [-0.15, -0.1) is 0 Å². The van der Waals surface area contributed by atoms with Gasteiger partial charge in [0, 0.05) is 11.9 Å². The molecule has 0 aliphatic carbocycles. The Balaban J connectivity index is 1.36. The molecule has 2 atom stereocenters. The lowest BCUT2D eigenvalue weighted by molar-refractivity contribution is 0.190. The Kier molecular flexibility index (Phi) is 4.59. The monoisotopic (exact) mass is 490 g/mol. The molecule has 1 saturated heterocycles. The van der Waals surface area contributed by atoms with Gasteiger partial charge in [-0.3, -0.25) is 4.57 Å². The predicted molar refractivity (Wildman–Crippen MR) is 129 cm³/mol. The van der Waals surface area contributed by atoms with Crippen molar-refractivity contribution in [2.45, 2.75) is 30.3 Å². The van der Waals surface area contributed by atoms with E-state index in [4.69, 9.17) is 0 Å². The molecule has 0 unspecified atom stereocenters.